The first-order valence-electron chi connectivity index (χ1n) is 1.84. The average molecular weight is 86.1 g/mol. The zero-order valence-electron chi connectivity index (χ0n) is 3.39. The van der Waals surface area contributed by atoms with Crippen LogP contribution in [0.2, 0.25) is 0 Å². The molecule has 0 N–H and O–H groups in total. The molecule has 1 aliphatic rings. The molecule has 0 aromatic carbocycles. The smallest absolute Gasteiger partial charge is 0.137 e. The van der Waals surface area contributed by atoms with Crippen molar-refractivity contribution in [2.24, 2.45) is 0 Å². The summed E-state index contributed by atoms with van der Waals surface area (Å²) in [5, 5.41) is 0. The second-order valence-corrected chi connectivity index (χ2v) is 1.15. The van der Waals surface area contributed by atoms with Crippen molar-refractivity contribution in [2.45, 2.75) is 6.10 Å². The van der Waals surface area contributed by atoms with Gasteiger partial charge in [0.2, 0.25) is 0 Å². The molecule has 0 aromatic heterocycles. The van der Waals surface area contributed by atoms with Crippen LogP contribution >= 0.6 is 0 Å². The predicted molar refractivity (Wildman–Crippen MR) is 21.0 cm³/mol. The van der Waals surface area contributed by atoms with E-state index in [0.717, 1.165) is 0 Å². The van der Waals surface area contributed by atoms with Gasteiger partial charge in [-0.25, -0.2) is 9.78 Å². The zero-order chi connectivity index (χ0) is 4.41. The monoisotopic (exact) mass is 86.0 g/mol. The lowest BCUT2D eigenvalue weighted by atomic mass is 10.4. The number of hydrogen-bond acceptors (Lipinski definition) is 2. The van der Waals surface area contributed by atoms with E-state index in [1.807, 2.05) is 0 Å². The van der Waals surface area contributed by atoms with E-state index in [4.69, 9.17) is 0 Å². The Hall–Kier alpha value is -0.340. The molecule has 0 aromatic rings. The minimum atomic E-state index is 0.157. The molecule has 0 spiro atoms. The van der Waals surface area contributed by atoms with E-state index < -0.39 is 0 Å². The van der Waals surface area contributed by atoms with Crippen LogP contribution in [-0.4, -0.2) is 12.7 Å². The molecule has 2 nitrogen and oxygen atoms in total. The Labute approximate surface area is 36.3 Å². The normalized spacial score (nSPS) is 31.7. The van der Waals surface area contributed by atoms with Crippen LogP contribution in [-0.2, 0) is 9.78 Å². The summed E-state index contributed by atoms with van der Waals surface area (Å²) in [5.74, 6) is 0. The maximum Gasteiger partial charge on any atom is 0.137 e. The molecule has 2 heteroatoms. The first kappa shape index (κ1) is 3.84. The summed E-state index contributed by atoms with van der Waals surface area (Å²) in [5.41, 5.74) is 0. The van der Waals surface area contributed by atoms with Gasteiger partial charge >= 0.3 is 0 Å². The lowest BCUT2D eigenvalue weighted by Gasteiger charge is -2.19. The summed E-state index contributed by atoms with van der Waals surface area (Å²) in [6.07, 6.45) is 1.87. The highest BCUT2D eigenvalue weighted by Gasteiger charge is 2.14. The van der Waals surface area contributed by atoms with Crippen LogP contribution in [0, 0.1) is 0 Å². The van der Waals surface area contributed by atoms with Gasteiger partial charge in [0.05, 0.1) is 0 Å². The summed E-state index contributed by atoms with van der Waals surface area (Å²) in [6.45, 7) is 4.15. The second kappa shape index (κ2) is 1.41. The van der Waals surface area contributed by atoms with Crippen LogP contribution in [0.4, 0.5) is 0 Å². The van der Waals surface area contributed by atoms with E-state index in [2.05, 4.69) is 16.4 Å². The van der Waals surface area contributed by atoms with Crippen LogP contribution in [0.1, 0.15) is 0 Å². The van der Waals surface area contributed by atoms with Gasteiger partial charge in [0.25, 0.3) is 0 Å². The molecule has 0 aliphatic carbocycles. The summed E-state index contributed by atoms with van der Waals surface area (Å²) in [6, 6.07) is 0. The fraction of sp³-hybridized carbons (Fsp3) is 0.500. The minimum absolute atomic E-state index is 0.157. The molecule has 6 heavy (non-hydrogen) atoms. The third-order valence-corrected chi connectivity index (χ3v) is 0.687. The van der Waals surface area contributed by atoms with Gasteiger partial charge in [0, 0.05) is 0 Å². The van der Waals surface area contributed by atoms with Crippen LogP contribution < -0.4 is 0 Å². The fourth-order valence-corrected chi connectivity index (χ4v) is 0.254. The van der Waals surface area contributed by atoms with E-state index >= 15 is 0 Å². The first-order chi connectivity index (χ1) is 2.93. The molecule has 1 aliphatic heterocycles. The molecular weight excluding hydrogens is 80.0 g/mol. The zero-order valence-corrected chi connectivity index (χ0v) is 3.39. The molecule has 1 fully saturated rings. The van der Waals surface area contributed by atoms with Gasteiger partial charge in [-0.05, 0) is 0 Å². The molecule has 0 saturated carbocycles. The van der Waals surface area contributed by atoms with Gasteiger partial charge in [0.15, 0.2) is 0 Å². The van der Waals surface area contributed by atoms with E-state index in [1.54, 1.807) is 6.08 Å². The third kappa shape index (κ3) is 0.441. The molecular formula is C4H6O2. The lowest BCUT2D eigenvalue weighted by molar-refractivity contribution is -0.410. The van der Waals surface area contributed by atoms with Gasteiger partial charge in [-0.2, -0.15) is 0 Å². The molecule has 1 heterocycles. The third-order valence-electron chi connectivity index (χ3n) is 0.687. The Morgan fingerprint density at radius 3 is 2.50 bits per heavy atom. The minimum Gasteiger partial charge on any atom is -0.233 e. The molecule has 0 bridgehead atoms. The molecule has 0 radical (unpaired) electrons. The van der Waals surface area contributed by atoms with Crippen molar-refractivity contribution in [1.29, 1.82) is 0 Å². The molecule has 34 valence electrons. The SMILES string of the molecule is C=CC1COO1. The van der Waals surface area contributed by atoms with Crippen LogP contribution in [0.25, 0.3) is 0 Å². The average Bonchev–Trinajstić information content (AvgIpc) is 1.31. The topological polar surface area (TPSA) is 18.5 Å². The van der Waals surface area contributed by atoms with Crippen LogP contribution in [0.5, 0.6) is 0 Å². The highest BCUT2D eigenvalue weighted by atomic mass is 17.2. The van der Waals surface area contributed by atoms with E-state index in [1.165, 1.54) is 0 Å². The number of hydrogen-bond donors (Lipinski definition) is 0. The maximum atomic E-state index is 4.46. The summed E-state index contributed by atoms with van der Waals surface area (Å²) in [7, 11) is 0. The molecule has 1 rings (SSSR count). The Morgan fingerprint density at radius 2 is 2.50 bits per heavy atom. The molecule has 1 atom stereocenters. The second-order valence-electron chi connectivity index (χ2n) is 1.15. The largest absolute Gasteiger partial charge is 0.233 e. The summed E-state index contributed by atoms with van der Waals surface area (Å²) < 4.78 is 0. The van der Waals surface area contributed by atoms with Gasteiger partial charge < -0.3 is 0 Å². The van der Waals surface area contributed by atoms with Crippen molar-refractivity contribution < 1.29 is 9.78 Å². The maximum absolute atomic E-state index is 4.46. The lowest BCUT2D eigenvalue weighted by Crippen LogP contribution is -2.28. The number of rotatable bonds is 1. The quantitative estimate of drug-likeness (QED) is 0.342. The summed E-state index contributed by atoms with van der Waals surface area (Å²) in [4.78, 5) is 8.82. The van der Waals surface area contributed by atoms with Gasteiger partial charge in [-0.1, -0.05) is 6.08 Å². The Kier molecular flexibility index (Phi) is 0.900. The molecule has 1 saturated heterocycles. The van der Waals surface area contributed by atoms with Gasteiger partial charge in [-0.15, -0.1) is 6.58 Å². The van der Waals surface area contributed by atoms with Gasteiger partial charge in [0.1, 0.15) is 12.7 Å². The summed E-state index contributed by atoms with van der Waals surface area (Å²) >= 11 is 0. The van der Waals surface area contributed by atoms with Crippen molar-refractivity contribution in [3.05, 3.63) is 12.7 Å². The highest BCUT2D eigenvalue weighted by molar-refractivity contribution is 4.80. The van der Waals surface area contributed by atoms with Crippen molar-refractivity contribution >= 4 is 0 Å². The van der Waals surface area contributed by atoms with Crippen molar-refractivity contribution in [3.8, 4) is 0 Å². The molecule has 1 unspecified atom stereocenters. The Bertz CT molecular complexity index is 56.6. The van der Waals surface area contributed by atoms with Crippen LogP contribution in [0.15, 0.2) is 12.7 Å². The van der Waals surface area contributed by atoms with Crippen LogP contribution in [0.3, 0.4) is 0 Å². The first-order valence-corrected chi connectivity index (χ1v) is 1.84. The molecule has 0 amide bonds. The predicted octanol–water partition coefficient (Wildman–Crippen LogP) is 0.503. The van der Waals surface area contributed by atoms with E-state index in [-0.39, 0.29) is 6.10 Å². The van der Waals surface area contributed by atoms with E-state index in [0.29, 0.717) is 6.61 Å². The van der Waals surface area contributed by atoms with Gasteiger partial charge in [-0.3, -0.25) is 0 Å². The highest BCUT2D eigenvalue weighted by Crippen LogP contribution is 2.04. The van der Waals surface area contributed by atoms with Crippen molar-refractivity contribution in [3.63, 3.8) is 0 Å². The van der Waals surface area contributed by atoms with E-state index in [9.17, 15) is 0 Å². The fourth-order valence-electron chi connectivity index (χ4n) is 0.254. The standard InChI is InChI=1S/C4H6O2/c1-2-4-3-5-6-4/h2,4H,1,3H2. The van der Waals surface area contributed by atoms with Crippen molar-refractivity contribution in [2.75, 3.05) is 6.61 Å². The Morgan fingerprint density at radius 1 is 1.83 bits per heavy atom. The Balaban J connectivity index is 2.16. The van der Waals surface area contributed by atoms with Crippen molar-refractivity contribution in [1.82, 2.24) is 0 Å².